The number of nitrogens with two attached hydrogens (primary N) is 1. The number of amides is 1. The standard InChI is InChI=1S/C34H62N5O8P/c1-5-6-7-8-9-10-11-12-13-14-15-16-17-18-19-28(2)43-22-23-45-48(41,46-25-29-24-44-34(3,4)47-29)27-42-21-20-39-26-36-30-31(39)37-33(35)38-32(30)40/h26,28-30H,5-25,27H2,1-4H3,(H2,35,38,40). The number of nitrogens with zero attached hydrogens (tertiary/aromatic N) is 4. The number of amidine groups is 1. The van der Waals surface area contributed by atoms with Crippen molar-refractivity contribution in [3.05, 3.63) is 0 Å². The maximum atomic E-state index is 13.6. The number of rotatable bonds is 28. The molecule has 3 heterocycles. The second-order valence-electron chi connectivity index (χ2n) is 13.4. The molecule has 0 aromatic heterocycles. The highest BCUT2D eigenvalue weighted by Crippen LogP contribution is 2.48. The zero-order valence-corrected chi connectivity index (χ0v) is 30.8. The van der Waals surface area contributed by atoms with Crippen molar-refractivity contribution < 1.29 is 37.4 Å². The first kappa shape index (κ1) is 40.7. The Hall–Kier alpha value is -1.73. The fraction of sp³-hybridized carbons (Fsp3) is 0.882. The quantitative estimate of drug-likeness (QED) is 0.0699. The second kappa shape index (κ2) is 22.2. The van der Waals surface area contributed by atoms with E-state index in [9.17, 15) is 9.36 Å². The normalized spacial score (nSPS) is 22.1. The highest BCUT2D eigenvalue weighted by molar-refractivity contribution is 7.53. The van der Waals surface area contributed by atoms with E-state index in [-0.39, 0.29) is 44.3 Å². The molecule has 3 aliphatic heterocycles. The Morgan fingerprint density at radius 1 is 0.958 bits per heavy atom. The largest absolute Gasteiger partial charge is 0.376 e. The van der Waals surface area contributed by atoms with E-state index in [4.69, 9.17) is 33.7 Å². The summed E-state index contributed by atoms with van der Waals surface area (Å²) in [6, 6.07) is -0.787. The number of ether oxygens (including phenoxy) is 4. The van der Waals surface area contributed by atoms with Crippen LogP contribution in [0.3, 0.4) is 0 Å². The number of unbranched alkanes of at least 4 members (excludes halogenated alkanes) is 13. The number of fused-ring (bicyclic) bond motifs is 1. The van der Waals surface area contributed by atoms with Crippen LogP contribution in [0.15, 0.2) is 15.0 Å². The summed E-state index contributed by atoms with van der Waals surface area (Å²) in [5.41, 5.74) is 5.64. The zero-order chi connectivity index (χ0) is 34.7. The molecule has 0 spiro atoms. The molecule has 3 aliphatic rings. The van der Waals surface area contributed by atoms with Crippen molar-refractivity contribution in [3.63, 3.8) is 0 Å². The highest BCUT2D eigenvalue weighted by Gasteiger charge is 2.37. The minimum absolute atomic E-state index is 0.0401. The Morgan fingerprint density at radius 2 is 1.60 bits per heavy atom. The van der Waals surface area contributed by atoms with Gasteiger partial charge in [0.25, 0.3) is 5.91 Å². The Balaban J connectivity index is 1.27. The van der Waals surface area contributed by atoms with Gasteiger partial charge in [-0.25, -0.2) is 0 Å². The Kier molecular flexibility index (Phi) is 18.8. The maximum absolute atomic E-state index is 13.6. The third kappa shape index (κ3) is 15.9. The first-order chi connectivity index (χ1) is 23.1. The van der Waals surface area contributed by atoms with E-state index in [1.54, 1.807) is 4.90 Å². The third-order valence-corrected chi connectivity index (χ3v) is 10.2. The Labute approximate surface area is 288 Å². The molecule has 14 heteroatoms. The van der Waals surface area contributed by atoms with Gasteiger partial charge < -0.3 is 38.6 Å². The van der Waals surface area contributed by atoms with Gasteiger partial charge in [0.2, 0.25) is 5.96 Å². The fourth-order valence-electron chi connectivity index (χ4n) is 5.85. The van der Waals surface area contributed by atoms with Gasteiger partial charge in [-0.3, -0.25) is 14.4 Å². The molecular weight excluding hydrogens is 637 g/mol. The van der Waals surface area contributed by atoms with Gasteiger partial charge in [-0.1, -0.05) is 96.8 Å². The van der Waals surface area contributed by atoms with Crippen LogP contribution < -0.4 is 5.73 Å². The molecule has 0 radical (unpaired) electrons. The van der Waals surface area contributed by atoms with Crippen molar-refractivity contribution in [1.29, 1.82) is 0 Å². The van der Waals surface area contributed by atoms with E-state index in [0.717, 1.165) is 12.8 Å². The number of hydrogen-bond donors (Lipinski definition) is 1. The topological polar surface area (TPSA) is 156 Å². The molecule has 2 N–H and O–H groups in total. The molecule has 48 heavy (non-hydrogen) atoms. The summed E-state index contributed by atoms with van der Waals surface area (Å²) in [5, 5.41) is 0. The van der Waals surface area contributed by atoms with Crippen LogP contribution in [0.2, 0.25) is 0 Å². The molecule has 1 saturated heterocycles. The summed E-state index contributed by atoms with van der Waals surface area (Å²) in [7, 11) is -3.65. The first-order valence-corrected chi connectivity index (χ1v) is 20.0. The summed E-state index contributed by atoms with van der Waals surface area (Å²) in [4.78, 5) is 25.6. The van der Waals surface area contributed by atoms with Crippen LogP contribution in [0, 0.1) is 0 Å². The Bertz CT molecular complexity index is 1090. The van der Waals surface area contributed by atoms with E-state index in [1.165, 1.54) is 89.8 Å². The van der Waals surface area contributed by atoms with Gasteiger partial charge >= 0.3 is 7.60 Å². The van der Waals surface area contributed by atoms with Crippen molar-refractivity contribution in [2.45, 2.75) is 148 Å². The molecule has 4 unspecified atom stereocenters. The first-order valence-electron chi connectivity index (χ1n) is 18.3. The van der Waals surface area contributed by atoms with Crippen LogP contribution in [0.4, 0.5) is 0 Å². The Morgan fingerprint density at radius 3 is 2.23 bits per heavy atom. The molecule has 13 nitrogen and oxygen atoms in total. The molecule has 4 atom stereocenters. The average molecular weight is 700 g/mol. The summed E-state index contributed by atoms with van der Waals surface area (Å²) in [5.74, 6) is -0.890. The van der Waals surface area contributed by atoms with E-state index in [1.807, 2.05) is 13.8 Å². The van der Waals surface area contributed by atoms with Crippen molar-refractivity contribution >= 4 is 31.6 Å². The molecule has 3 rings (SSSR count). The van der Waals surface area contributed by atoms with Crippen LogP contribution in [-0.2, 0) is 37.4 Å². The lowest BCUT2D eigenvalue weighted by Crippen LogP contribution is -2.41. The van der Waals surface area contributed by atoms with E-state index >= 15 is 0 Å². The van der Waals surface area contributed by atoms with Crippen LogP contribution in [0.5, 0.6) is 0 Å². The number of guanidine groups is 1. The molecule has 0 aromatic rings. The lowest BCUT2D eigenvalue weighted by Gasteiger charge is -2.23. The van der Waals surface area contributed by atoms with Gasteiger partial charge in [0.05, 0.1) is 45.5 Å². The van der Waals surface area contributed by atoms with Crippen molar-refractivity contribution in [3.8, 4) is 0 Å². The van der Waals surface area contributed by atoms with Crippen LogP contribution in [-0.4, -0.2) is 98.9 Å². The monoisotopic (exact) mass is 699 g/mol. The van der Waals surface area contributed by atoms with Gasteiger partial charge in [-0.05, 0) is 27.2 Å². The van der Waals surface area contributed by atoms with Crippen LogP contribution >= 0.6 is 7.60 Å². The highest BCUT2D eigenvalue weighted by atomic mass is 31.2. The third-order valence-electron chi connectivity index (χ3n) is 8.57. The fourth-order valence-corrected chi connectivity index (χ4v) is 7.17. The van der Waals surface area contributed by atoms with Gasteiger partial charge in [0, 0.05) is 6.54 Å². The lowest BCUT2D eigenvalue weighted by atomic mass is 10.0. The molecular formula is C34H62N5O8P. The predicted octanol–water partition coefficient (Wildman–Crippen LogP) is 6.58. The zero-order valence-electron chi connectivity index (χ0n) is 29.9. The van der Waals surface area contributed by atoms with E-state index in [2.05, 4.69) is 28.8 Å². The summed E-state index contributed by atoms with van der Waals surface area (Å²) in [6.07, 6.45) is 20.7. The van der Waals surface area contributed by atoms with Gasteiger partial charge in [0.15, 0.2) is 11.8 Å². The molecule has 1 amide bonds. The van der Waals surface area contributed by atoms with Gasteiger partial charge in [0.1, 0.15) is 18.3 Å². The summed E-state index contributed by atoms with van der Waals surface area (Å²) in [6.45, 7) is 9.21. The SMILES string of the molecule is CCCCCCCCCCCCCCCCC(C)OCCOP(=O)(COCCN1C=NC2C(=O)N=C(N)N=C21)OCC1COC(C)(C)O1. The average Bonchev–Trinajstić information content (AvgIpc) is 3.62. The van der Waals surface area contributed by atoms with E-state index < -0.39 is 25.3 Å². The second-order valence-corrected chi connectivity index (χ2v) is 15.4. The molecule has 0 bridgehead atoms. The number of aliphatic imine (C=N–C) groups is 3. The molecule has 0 aromatic carbocycles. The lowest BCUT2D eigenvalue weighted by molar-refractivity contribution is -0.141. The maximum Gasteiger partial charge on any atom is 0.356 e. The summed E-state index contributed by atoms with van der Waals surface area (Å²) < 4.78 is 48.2. The van der Waals surface area contributed by atoms with E-state index in [0.29, 0.717) is 25.6 Å². The number of carbonyl (C=O) groups excluding carboxylic acids is 1. The number of hydrogen-bond acceptors (Lipinski definition) is 12. The smallest absolute Gasteiger partial charge is 0.356 e. The van der Waals surface area contributed by atoms with Crippen molar-refractivity contribution in [2.75, 3.05) is 45.9 Å². The van der Waals surface area contributed by atoms with Crippen LogP contribution in [0.1, 0.15) is 124 Å². The van der Waals surface area contributed by atoms with Crippen molar-refractivity contribution in [1.82, 2.24) is 4.90 Å². The number of carbonyl (C=O) groups is 1. The minimum atomic E-state index is -3.65. The van der Waals surface area contributed by atoms with Gasteiger partial charge in [-0.2, -0.15) is 9.98 Å². The molecule has 1 fully saturated rings. The minimum Gasteiger partial charge on any atom is -0.376 e. The van der Waals surface area contributed by atoms with Crippen molar-refractivity contribution in [2.24, 2.45) is 20.7 Å². The molecule has 276 valence electrons. The van der Waals surface area contributed by atoms with Crippen LogP contribution in [0.25, 0.3) is 0 Å². The summed E-state index contributed by atoms with van der Waals surface area (Å²) >= 11 is 0. The molecule has 0 saturated carbocycles. The predicted molar refractivity (Wildman–Crippen MR) is 189 cm³/mol. The van der Waals surface area contributed by atoms with Gasteiger partial charge in [-0.15, -0.1) is 0 Å². The molecule has 0 aliphatic carbocycles.